The molecule has 0 aliphatic rings. The Labute approximate surface area is 189 Å². The Balaban J connectivity index is 1.88. The normalized spacial score (nSPS) is 13.2. The molecule has 2 rings (SSSR count). The summed E-state index contributed by atoms with van der Waals surface area (Å²) in [5.74, 6) is -0.258. The minimum absolute atomic E-state index is 0.258. The summed E-state index contributed by atoms with van der Waals surface area (Å²) in [5.41, 5.74) is 3.01. The zero-order chi connectivity index (χ0) is 21.0. The van der Waals surface area contributed by atoms with E-state index in [1.165, 1.54) is 64.7 Å². The van der Waals surface area contributed by atoms with Gasteiger partial charge in [-0.3, -0.25) is 4.79 Å². The maximum atomic E-state index is 11.8. The number of halogens is 1. The Kier molecular flexibility index (Phi) is 10.8. The van der Waals surface area contributed by atoms with E-state index >= 15 is 0 Å². The van der Waals surface area contributed by atoms with Crippen LogP contribution >= 0.6 is 22.6 Å². The lowest BCUT2D eigenvalue weighted by molar-refractivity contribution is -0.148. The SMILES string of the molecule is CCCCCCCCCCCCC(I)(OC(C)=O)c1cocc1-c1ccccc1. The molecule has 0 bridgehead atoms. The van der Waals surface area contributed by atoms with Gasteiger partial charge in [0.15, 0.2) is 3.61 Å². The lowest BCUT2D eigenvalue weighted by Crippen LogP contribution is -2.25. The number of hydrogen-bond donors (Lipinski definition) is 0. The van der Waals surface area contributed by atoms with Crippen LogP contribution in [0.5, 0.6) is 0 Å². The van der Waals surface area contributed by atoms with Crippen molar-refractivity contribution in [2.24, 2.45) is 0 Å². The second-order valence-electron chi connectivity index (χ2n) is 7.82. The number of benzene rings is 1. The molecule has 1 aromatic carbocycles. The zero-order valence-corrected chi connectivity index (χ0v) is 20.1. The molecule has 29 heavy (non-hydrogen) atoms. The van der Waals surface area contributed by atoms with Crippen LogP contribution in [0.1, 0.15) is 90.0 Å². The average Bonchev–Trinajstić information content (AvgIpc) is 3.20. The van der Waals surface area contributed by atoms with E-state index in [1.54, 1.807) is 12.5 Å². The Morgan fingerprint density at radius 2 is 1.52 bits per heavy atom. The molecule has 0 N–H and O–H groups in total. The first kappa shape index (κ1) is 24.0. The molecule has 0 aliphatic carbocycles. The van der Waals surface area contributed by atoms with Crippen molar-refractivity contribution in [1.82, 2.24) is 0 Å². The Bertz CT molecular complexity index is 710. The standard InChI is InChI=1S/C25H35IO3/c1-3-4-5-6-7-8-9-10-11-15-18-25(26,29-21(2)27)24-20-28-19-23(24)22-16-13-12-14-17-22/h12-14,16-17,19-20H,3-11,15,18H2,1-2H3. The Morgan fingerprint density at radius 1 is 0.931 bits per heavy atom. The molecule has 0 aliphatic heterocycles. The van der Waals surface area contributed by atoms with Crippen molar-refractivity contribution < 1.29 is 13.9 Å². The fraction of sp³-hybridized carbons (Fsp3) is 0.560. The van der Waals surface area contributed by atoms with E-state index in [2.05, 4.69) is 41.6 Å². The highest BCUT2D eigenvalue weighted by atomic mass is 127. The average molecular weight is 510 g/mol. The minimum atomic E-state index is -0.693. The van der Waals surface area contributed by atoms with Crippen molar-refractivity contribution in [3.63, 3.8) is 0 Å². The fourth-order valence-corrected chi connectivity index (χ4v) is 4.84. The number of unbranched alkanes of at least 4 members (excludes halogenated alkanes) is 9. The number of carbonyl (C=O) groups is 1. The number of esters is 1. The van der Waals surface area contributed by atoms with Gasteiger partial charge in [-0.25, -0.2) is 0 Å². The number of carbonyl (C=O) groups excluding carboxylic acids is 1. The van der Waals surface area contributed by atoms with Gasteiger partial charge in [-0.05, 0) is 34.6 Å². The third-order valence-electron chi connectivity index (χ3n) is 5.31. The van der Waals surface area contributed by atoms with Crippen LogP contribution in [0.4, 0.5) is 0 Å². The van der Waals surface area contributed by atoms with Crippen LogP contribution in [-0.4, -0.2) is 5.97 Å². The molecule has 160 valence electrons. The summed E-state index contributed by atoms with van der Waals surface area (Å²) in [7, 11) is 0. The summed E-state index contributed by atoms with van der Waals surface area (Å²) < 4.78 is 10.7. The molecule has 1 atom stereocenters. The summed E-state index contributed by atoms with van der Waals surface area (Å²) in [6, 6.07) is 10.1. The van der Waals surface area contributed by atoms with Gasteiger partial charge in [0.25, 0.3) is 0 Å². The van der Waals surface area contributed by atoms with Crippen LogP contribution in [0.2, 0.25) is 0 Å². The van der Waals surface area contributed by atoms with E-state index in [1.807, 2.05) is 18.2 Å². The minimum Gasteiger partial charge on any atom is -0.471 e. The van der Waals surface area contributed by atoms with E-state index in [0.717, 1.165) is 29.5 Å². The van der Waals surface area contributed by atoms with Gasteiger partial charge >= 0.3 is 5.97 Å². The maximum Gasteiger partial charge on any atom is 0.304 e. The van der Waals surface area contributed by atoms with Crippen LogP contribution < -0.4 is 0 Å². The first-order valence-corrected chi connectivity index (χ1v) is 12.2. The summed E-state index contributed by atoms with van der Waals surface area (Å²) in [5, 5.41) is 0. The molecule has 0 saturated heterocycles. The number of rotatable bonds is 14. The molecule has 0 fully saturated rings. The van der Waals surface area contributed by atoms with Crippen molar-refractivity contribution in [3.05, 3.63) is 48.4 Å². The lowest BCUT2D eigenvalue weighted by atomic mass is 9.97. The molecule has 0 amide bonds. The highest BCUT2D eigenvalue weighted by Gasteiger charge is 2.35. The van der Waals surface area contributed by atoms with Gasteiger partial charge in [-0.1, -0.05) is 95.0 Å². The molecule has 4 heteroatoms. The molecular weight excluding hydrogens is 475 g/mol. The van der Waals surface area contributed by atoms with Gasteiger partial charge in [0.2, 0.25) is 0 Å². The zero-order valence-electron chi connectivity index (χ0n) is 17.9. The third-order valence-corrected chi connectivity index (χ3v) is 6.65. The molecule has 1 heterocycles. The topological polar surface area (TPSA) is 39.4 Å². The number of ether oxygens (including phenoxy) is 1. The molecule has 2 aromatic rings. The first-order chi connectivity index (χ1) is 14.1. The second-order valence-corrected chi connectivity index (χ2v) is 9.56. The predicted molar refractivity (Wildman–Crippen MR) is 128 cm³/mol. The second kappa shape index (κ2) is 13.1. The van der Waals surface area contributed by atoms with Crippen molar-refractivity contribution >= 4 is 28.6 Å². The summed E-state index contributed by atoms with van der Waals surface area (Å²) in [4.78, 5) is 11.8. The highest BCUT2D eigenvalue weighted by Crippen LogP contribution is 2.44. The smallest absolute Gasteiger partial charge is 0.304 e. The summed E-state index contributed by atoms with van der Waals surface area (Å²) in [6.07, 6.45) is 17.1. The Morgan fingerprint density at radius 3 is 2.10 bits per heavy atom. The van der Waals surface area contributed by atoms with E-state index in [4.69, 9.17) is 9.15 Å². The monoisotopic (exact) mass is 510 g/mol. The molecule has 0 radical (unpaired) electrons. The third kappa shape index (κ3) is 8.15. The van der Waals surface area contributed by atoms with Crippen molar-refractivity contribution in [2.45, 2.75) is 88.1 Å². The molecule has 1 aromatic heterocycles. The van der Waals surface area contributed by atoms with Gasteiger partial charge in [-0.2, -0.15) is 0 Å². The predicted octanol–water partition coefficient (Wildman–Crippen LogP) is 8.41. The summed E-state index contributed by atoms with van der Waals surface area (Å²) in [6.45, 7) is 3.74. The lowest BCUT2D eigenvalue weighted by Gasteiger charge is -2.27. The van der Waals surface area contributed by atoms with E-state index in [0.29, 0.717) is 0 Å². The molecular formula is C25H35IO3. The molecule has 0 saturated carbocycles. The van der Waals surface area contributed by atoms with Crippen molar-refractivity contribution in [2.75, 3.05) is 0 Å². The van der Waals surface area contributed by atoms with Crippen LogP contribution in [0.15, 0.2) is 47.3 Å². The van der Waals surface area contributed by atoms with Crippen LogP contribution in [-0.2, 0) is 13.1 Å². The maximum absolute atomic E-state index is 11.8. The van der Waals surface area contributed by atoms with E-state index < -0.39 is 3.61 Å². The van der Waals surface area contributed by atoms with Gasteiger partial charge in [0.05, 0.1) is 18.1 Å². The van der Waals surface area contributed by atoms with Crippen molar-refractivity contribution in [3.8, 4) is 11.1 Å². The van der Waals surface area contributed by atoms with Crippen LogP contribution in [0.25, 0.3) is 11.1 Å². The van der Waals surface area contributed by atoms with Gasteiger partial charge < -0.3 is 9.15 Å². The molecule has 3 nitrogen and oxygen atoms in total. The van der Waals surface area contributed by atoms with Gasteiger partial charge in [-0.15, -0.1) is 0 Å². The van der Waals surface area contributed by atoms with E-state index in [9.17, 15) is 4.79 Å². The highest BCUT2D eigenvalue weighted by molar-refractivity contribution is 14.1. The number of hydrogen-bond acceptors (Lipinski definition) is 3. The number of alkyl halides is 1. The Hall–Kier alpha value is -1.30. The van der Waals surface area contributed by atoms with Gasteiger partial charge in [0, 0.05) is 18.9 Å². The van der Waals surface area contributed by atoms with Crippen molar-refractivity contribution in [1.29, 1.82) is 0 Å². The van der Waals surface area contributed by atoms with Gasteiger partial charge in [0.1, 0.15) is 0 Å². The quantitative estimate of drug-likeness (QED) is 0.111. The fourth-order valence-electron chi connectivity index (χ4n) is 3.74. The largest absolute Gasteiger partial charge is 0.471 e. The van der Waals surface area contributed by atoms with E-state index in [-0.39, 0.29) is 5.97 Å². The van der Waals surface area contributed by atoms with Crippen LogP contribution in [0.3, 0.4) is 0 Å². The van der Waals surface area contributed by atoms with Crippen LogP contribution in [0, 0.1) is 0 Å². The molecule has 0 spiro atoms. The first-order valence-electron chi connectivity index (χ1n) is 11.1. The number of furan rings is 1. The molecule has 1 unspecified atom stereocenters. The summed E-state index contributed by atoms with van der Waals surface area (Å²) >= 11 is 2.29.